The highest BCUT2D eigenvalue weighted by Crippen LogP contribution is 2.23. The minimum Gasteiger partial charge on any atom is -0.493 e. The number of nitrogens with two attached hydrogens (primary N) is 2. The van der Waals surface area contributed by atoms with Crippen LogP contribution in [0, 0.1) is 0 Å². The first kappa shape index (κ1) is 45.4. The molecule has 0 aliphatic rings. The second-order valence-corrected chi connectivity index (χ2v) is 10.1. The lowest BCUT2D eigenvalue weighted by Gasteiger charge is -2.09. The third-order valence-corrected chi connectivity index (χ3v) is 6.83. The number of nitrogens with one attached hydrogen (secondary N) is 4. The average molecular weight is 756 g/mol. The number of nitrogen functional groups attached to an aromatic ring is 2. The molecule has 14 N–H and O–H groups in total. The van der Waals surface area contributed by atoms with E-state index in [2.05, 4.69) is 40.8 Å². The van der Waals surface area contributed by atoms with E-state index >= 15 is 0 Å². The number of halogens is 2. The van der Waals surface area contributed by atoms with E-state index in [-0.39, 0.29) is 64.3 Å². The molecule has 0 bridgehead atoms. The summed E-state index contributed by atoms with van der Waals surface area (Å²) >= 11 is 0. The Balaban J connectivity index is 0.000000893. The van der Waals surface area contributed by atoms with Crippen molar-refractivity contribution in [3.8, 4) is 11.5 Å². The summed E-state index contributed by atoms with van der Waals surface area (Å²) in [6.45, 7) is 2.40. The number of fused-ring (bicyclic) bond motifs is 2. The summed E-state index contributed by atoms with van der Waals surface area (Å²) in [6, 6.07) is 14.6. The van der Waals surface area contributed by atoms with Gasteiger partial charge in [-0.15, -0.1) is 35.0 Å². The fraction of sp³-hybridized carbons (Fsp3) is 0.267. The fourth-order valence-corrected chi connectivity index (χ4v) is 4.66. The smallest absolute Gasteiger partial charge is 0.255 e. The SMILES string of the molecule is Cl.Cl.Cn1nc(N)nc1NCCCOc1cccc2c(=O)[nH]ccc12.Cn1nc(N)nc1NCCCOc1cccc2c(=O)[nH]ccc12.O.O.O. The van der Waals surface area contributed by atoms with Crippen LogP contribution in [0.1, 0.15) is 12.8 Å². The van der Waals surface area contributed by atoms with Gasteiger partial charge in [-0.25, -0.2) is 9.36 Å². The maximum absolute atomic E-state index is 11.8. The van der Waals surface area contributed by atoms with Crippen molar-refractivity contribution < 1.29 is 25.9 Å². The van der Waals surface area contributed by atoms with E-state index in [9.17, 15) is 9.59 Å². The Bertz CT molecular complexity index is 1910. The van der Waals surface area contributed by atoms with Crippen LogP contribution >= 0.6 is 24.8 Å². The zero-order chi connectivity index (χ0) is 32.5. The zero-order valence-corrected chi connectivity index (χ0v) is 29.4. The van der Waals surface area contributed by atoms with Gasteiger partial charge in [0.25, 0.3) is 11.1 Å². The molecule has 6 aromatic rings. The van der Waals surface area contributed by atoms with Crippen LogP contribution in [0.4, 0.5) is 23.8 Å². The predicted molar refractivity (Wildman–Crippen MR) is 203 cm³/mol. The first-order valence-corrected chi connectivity index (χ1v) is 14.6. The van der Waals surface area contributed by atoms with Gasteiger partial charge in [0.05, 0.1) is 24.0 Å². The normalized spacial score (nSPS) is 9.76. The average Bonchev–Trinajstić information content (AvgIpc) is 3.54. The molecule has 4 heterocycles. The number of nitrogens with zero attached hydrogens (tertiary/aromatic N) is 6. The number of benzene rings is 2. The number of hydrogen-bond donors (Lipinski definition) is 6. The monoisotopic (exact) mass is 754 g/mol. The molecule has 0 saturated carbocycles. The molecule has 0 spiro atoms. The number of pyridine rings is 2. The second-order valence-electron chi connectivity index (χ2n) is 10.1. The number of aryl methyl sites for hydroxylation is 2. The van der Waals surface area contributed by atoms with E-state index in [0.29, 0.717) is 60.5 Å². The second kappa shape index (κ2) is 21.5. The van der Waals surface area contributed by atoms with Crippen molar-refractivity contribution in [2.24, 2.45) is 14.1 Å². The first-order valence-electron chi connectivity index (χ1n) is 14.6. The van der Waals surface area contributed by atoms with Gasteiger partial charge in [0.2, 0.25) is 23.8 Å². The van der Waals surface area contributed by atoms with Crippen LogP contribution in [-0.4, -0.2) is 82.2 Å². The van der Waals surface area contributed by atoms with E-state index < -0.39 is 0 Å². The Morgan fingerprint density at radius 2 is 1.04 bits per heavy atom. The van der Waals surface area contributed by atoms with Gasteiger partial charge in [0, 0.05) is 50.4 Å². The molecule has 0 radical (unpaired) electrons. The number of H-pyrrole nitrogens is 2. The van der Waals surface area contributed by atoms with E-state index in [1.54, 1.807) is 48.0 Å². The molecule has 0 aliphatic heterocycles. The maximum Gasteiger partial charge on any atom is 0.255 e. The highest BCUT2D eigenvalue weighted by Gasteiger charge is 2.07. The molecular formula is C30H44Cl2N12O7. The number of rotatable bonds is 12. The van der Waals surface area contributed by atoms with Gasteiger partial charge in [-0.3, -0.25) is 9.59 Å². The molecule has 19 nitrogen and oxygen atoms in total. The topological polar surface area (TPSA) is 316 Å². The third-order valence-electron chi connectivity index (χ3n) is 6.83. The van der Waals surface area contributed by atoms with Crippen LogP contribution in [-0.2, 0) is 14.1 Å². The molecule has 51 heavy (non-hydrogen) atoms. The van der Waals surface area contributed by atoms with Crippen molar-refractivity contribution in [3.05, 3.63) is 81.6 Å². The summed E-state index contributed by atoms with van der Waals surface area (Å²) in [5.41, 5.74) is 10.8. The number of aromatic nitrogens is 8. The van der Waals surface area contributed by atoms with E-state index in [4.69, 9.17) is 20.9 Å². The van der Waals surface area contributed by atoms with E-state index in [0.717, 1.165) is 23.6 Å². The van der Waals surface area contributed by atoms with Crippen LogP contribution in [0.2, 0.25) is 0 Å². The molecule has 2 aromatic carbocycles. The summed E-state index contributed by atoms with van der Waals surface area (Å²) in [4.78, 5) is 36.9. The van der Waals surface area contributed by atoms with Gasteiger partial charge in [-0.05, 0) is 49.2 Å². The molecule has 4 aromatic heterocycles. The zero-order valence-electron chi connectivity index (χ0n) is 27.8. The lowest BCUT2D eigenvalue weighted by atomic mass is 10.1. The molecule has 0 fully saturated rings. The number of anilines is 4. The summed E-state index contributed by atoms with van der Waals surface area (Å²) in [5, 5.41) is 17.1. The van der Waals surface area contributed by atoms with Crippen LogP contribution in [0.25, 0.3) is 21.5 Å². The van der Waals surface area contributed by atoms with Crippen molar-refractivity contribution in [3.63, 3.8) is 0 Å². The minimum atomic E-state index is -0.116. The number of ether oxygens (including phenoxy) is 2. The molecule has 21 heteroatoms. The highest BCUT2D eigenvalue weighted by atomic mass is 35.5. The third kappa shape index (κ3) is 11.8. The fourth-order valence-electron chi connectivity index (χ4n) is 4.66. The Kier molecular flexibility index (Phi) is 19.1. The van der Waals surface area contributed by atoms with Gasteiger partial charge in [0.1, 0.15) is 11.5 Å². The maximum atomic E-state index is 11.8. The summed E-state index contributed by atoms with van der Waals surface area (Å²) < 4.78 is 14.8. The number of hydrogen-bond acceptors (Lipinski definition) is 12. The molecule has 280 valence electrons. The summed E-state index contributed by atoms with van der Waals surface area (Å²) in [6.07, 6.45) is 4.79. The lowest BCUT2D eigenvalue weighted by Crippen LogP contribution is -2.11. The Morgan fingerprint density at radius 1 is 0.647 bits per heavy atom. The summed E-state index contributed by atoms with van der Waals surface area (Å²) in [5.74, 6) is 3.14. The van der Waals surface area contributed by atoms with E-state index in [1.165, 1.54) is 0 Å². The largest absolute Gasteiger partial charge is 0.493 e. The van der Waals surface area contributed by atoms with Crippen molar-refractivity contribution >= 4 is 70.2 Å². The minimum absolute atomic E-state index is 0. The molecule has 0 atom stereocenters. The Hall–Kier alpha value is -5.60. The van der Waals surface area contributed by atoms with Crippen LogP contribution < -0.4 is 42.7 Å². The van der Waals surface area contributed by atoms with Crippen LogP contribution in [0.3, 0.4) is 0 Å². The van der Waals surface area contributed by atoms with Gasteiger partial charge >= 0.3 is 0 Å². The van der Waals surface area contributed by atoms with Crippen molar-refractivity contribution in [1.82, 2.24) is 39.5 Å². The number of aromatic amines is 2. The van der Waals surface area contributed by atoms with Gasteiger partial charge in [0.15, 0.2) is 0 Å². The van der Waals surface area contributed by atoms with Gasteiger partial charge < -0.3 is 58.0 Å². The molecule has 0 unspecified atom stereocenters. The van der Waals surface area contributed by atoms with E-state index in [1.807, 2.05) is 36.4 Å². The molecule has 6 rings (SSSR count). The highest BCUT2D eigenvalue weighted by molar-refractivity contribution is 5.88. The standard InChI is InChI=1S/2C15H18N6O2.2ClH.3H2O/c2*1-21-15(19-14(16)20-21)18-7-3-9-23-12-5-2-4-11-10(12)6-8-17-13(11)22;;;;;/h2*2,4-6,8H,3,7,9H2,1H3,(H,17,22)(H3,16,18,19,20);2*1H;3*1H2. The van der Waals surface area contributed by atoms with Crippen LogP contribution in [0.15, 0.2) is 70.5 Å². The van der Waals surface area contributed by atoms with Crippen molar-refractivity contribution in [2.45, 2.75) is 12.8 Å². The molecule has 0 amide bonds. The quantitative estimate of drug-likeness (QED) is 0.0936. The molecular weight excluding hydrogens is 711 g/mol. The van der Waals surface area contributed by atoms with Gasteiger partial charge in [-0.2, -0.15) is 9.97 Å². The Labute approximate surface area is 303 Å². The lowest BCUT2D eigenvalue weighted by molar-refractivity contribution is 0.318. The molecule has 0 aliphatic carbocycles. The van der Waals surface area contributed by atoms with Crippen molar-refractivity contribution in [2.75, 3.05) is 48.4 Å². The van der Waals surface area contributed by atoms with Gasteiger partial charge in [-0.1, -0.05) is 12.1 Å². The van der Waals surface area contributed by atoms with Crippen molar-refractivity contribution in [1.29, 1.82) is 0 Å². The summed E-state index contributed by atoms with van der Waals surface area (Å²) in [7, 11) is 3.55. The Morgan fingerprint density at radius 3 is 1.39 bits per heavy atom. The van der Waals surface area contributed by atoms with Crippen LogP contribution in [0.5, 0.6) is 11.5 Å². The predicted octanol–water partition coefficient (Wildman–Crippen LogP) is 0.609. The first-order chi connectivity index (χ1) is 22.3. The molecule has 0 saturated heterocycles.